The lowest BCUT2D eigenvalue weighted by Gasteiger charge is -2.31. The highest BCUT2D eigenvalue weighted by Crippen LogP contribution is 2.30. The number of aliphatic hydroxyl groups excluding tert-OH is 1. The fourth-order valence-electron chi connectivity index (χ4n) is 6.32. The Hall–Kier alpha value is -2.81. The number of nitrogens with one attached hydrogen (secondary N) is 2. The minimum atomic E-state index is -4.01. The van der Waals surface area contributed by atoms with Gasteiger partial charge in [-0.15, -0.1) is 0 Å². The van der Waals surface area contributed by atoms with E-state index in [4.69, 9.17) is 14.5 Å². The molecule has 2 aromatic carbocycles. The number of rotatable bonds is 15. The van der Waals surface area contributed by atoms with E-state index in [1.807, 2.05) is 51.1 Å². The Morgan fingerprint density at radius 3 is 2.68 bits per heavy atom. The number of fused-ring (bicyclic) bond motifs is 1. The van der Waals surface area contributed by atoms with E-state index in [-0.39, 0.29) is 35.9 Å². The molecule has 0 bridgehead atoms. The van der Waals surface area contributed by atoms with E-state index >= 15 is 0 Å². The topological polar surface area (TPSA) is 133 Å². The first-order valence-electron chi connectivity index (χ1n) is 16.7. The van der Waals surface area contributed by atoms with Gasteiger partial charge in [-0.1, -0.05) is 69.4 Å². The van der Waals surface area contributed by atoms with E-state index in [0.29, 0.717) is 25.7 Å². The molecule has 2 unspecified atom stereocenters. The van der Waals surface area contributed by atoms with Crippen LogP contribution in [0.4, 0.5) is 9.93 Å². The molecule has 13 heteroatoms. The average molecular weight is 688 g/mol. The number of carbonyl (C=O) groups is 1. The molecule has 0 aliphatic carbocycles. The molecule has 3 N–H and O–H groups in total. The molecular formula is C34H49N5O6S2. The number of aromatic nitrogens is 1. The molecule has 47 heavy (non-hydrogen) atoms. The Bertz CT molecular complexity index is 1570. The molecule has 1 aromatic heterocycles. The zero-order chi connectivity index (χ0) is 33.6. The highest BCUT2D eigenvalue weighted by atomic mass is 32.2. The van der Waals surface area contributed by atoms with Gasteiger partial charge in [0.05, 0.1) is 40.5 Å². The molecule has 2 aliphatic heterocycles. The third-order valence-electron chi connectivity index (χ3n) is 8.97. The molecular weight excluding hydrogens is 639 g/mol. The number of ether oxygens (including phenoxy) is 2. The van der Waals surface area contributed by atoms with Crippen molar-refractivity contribution in [3.63, 3.8) is 0 Å². The summed E-state index contributed by atoms with van der Waals surface area (Å²) in [5.74, 6) is 0.0546. The van der Waals surface area contributed by atoms with Gasteiger partial charge in [-0.3, -0.25) is 4.90 Å². The van der Waals surface area contributed by atoms with Gasteiger partial charge in [0.25, 0.3) is 0 Å². The summed E-state index contributed by atoms with van der Waals surface area (Å²) in [6, 6.07) is 14.1. The summed E-state index contributed by atoms with van der Waals surface area (Å²) >= 11 is 1.44. The predicted octanol–water partition coefficient (Wildman–Crippen LogP) is 4.57. The quantitative estimate of drug-likeness (QED) is 0.210. The first kappa shape index (κ1) is 35.5. The van der Waals surface area contributed by atoms with Crippen LogP contribution < -0.4 is 10.6 Å². The molecule has 0 spiro atoms. The summed E-state index contributed by atoms with van der Waals surface area (Å²) in [5, 5.41) is 18.6. The number of benzene rings is 2. The van der Waals surface area contributed by atoms with Crippen LogP contribution in [0.3, 0.4) is 0 Å². The van der Waals surface area contributed by atoms with Crippen LogP contribution in [0, 0.1) is 11.8 Å². The van der Waals surface area contributed by atoms with E-state index in [1.165, 1.54) is 22.1 Å². The van der Waals surface area contributed by atoms with Crippen molar-refractivity contribution in [2.24, 2.45) is 11.8 Å². The molecule has 5 rings (SSSR count). The van der Waals surface area contributed by atoms with Gasteiger partial charge in [-0.05, 0) is 62.0 Å². The molecule has 258 valence electrons. The van der Waals surface area contributed by atoms with Gasteiger partial charge < -0.3 is 25.2 Å². The van der Waals surface area contributed by atoms with Crippen molar-refractivity contribution in [1.82, 2.24) is 19.5 Å². The van der Waals surface area contributed by atoms with Gasteiger partial charge in [-0.25, -0.2) is 18.2 Å². The standard InChI is InChI=1S/C34H49N5O6S2/c1-5-38-15-9-12-26(38)18-35-33-36-28-14-13-27(17-32(28)46-33)47(42,43)39(19-23(2)3)20-30(40)29(16-25-10-7-6-8-11-25)37-34(41)45-31-22-44-21-24(31)4/h6-8,10-11,13-14,17,23-24,26,29-31,40H,5,9,12,15-16,18-22H2,1-4H3,(H,35,36)(H,37,41)/t24-,26-,29?,30-,31?/m1/s1. The Labute approximate surface area is 282 Å². The molecule has 1 amide bonds. The number of sulfonamides is 1. The fourth-order valence-corrected chi connectivity index (χ4v) is 8.95. The Kier molecular flexibility index (Phi) is 12.1. The molecule has 0 radical (unpaired) electrons. The number of carbonyl (C=O) groups excluding carboxylic acids is 1. The van der Waals surface area contributed by atoms with Gasteiger partial charge in [0.1, 0.15) is 6.10 Å². The monoisotopic (exact) mass is 687 g/mol. The van der Waals surface area contributed by atoms with Gasteiger partial charge in [0, 0.05) is 31.6 Å². The van der Waals surface area contributed by atoms with Crippen LogP contribution in [-0.4, -0.2) is 104 Å². The number of alkyl carbamates (subject to hydrolysis) is 1. The van der Waals surface area contributed by atoms with Crippen molar-refractivity contribution in [1.29, 1.82) is 0 Å². The summed E-state index contributed by atoms with van der Waals surface area (Å²) in [5.41, 5.74) is 1.63. The number of hydrogen-bond acceptors (Lipinski definition) is 10. The minimum absolute atomic E-state index is 0.00691. The molecule has 3 aromatic rings. The van der Waals surface area contributed by atoms with Crippen molar-refractivity contribution in [3.05, 3.63) is 54.1 Å². The lowest BCUT2D eigenvalue weighted by Crippen LogP contribution is -2.51. The fraction of sp³-hybridized carbons (Fsp3) is 0.588. The van der Waals surface area contributed by atoms with E-state index in [1.54, 1.807) is 18.2 Å². The zero-order valence-electron chi connectivity index (χ0n) is 27.8. The SMILES string of the molecule is CCN1CCC[C@@H]1CNc1nc2ccc(S(=O)(=O)N(CC(C)C)C[C@@H](O)C(Cc3ccccc3)NC(=O)OC3COC[C@H]3C)cc2s1. The van der Waals surface area contributed by atoms with Crippen molar-refractivity contribution in [3.8, 4) is 0 Å². The summed E-state index contributed by atoms with van der Waals surface area (Å²) in [7, 11) is -4.01. The summed E-state index contributed by atoms with van der Waals surface area (Å²) < 4.78 is 41.4. The Balaban J connectivity index is 1.32. The summed E-state index contributed by atoms with van der Waals surface area (Å²) in [4.78, 5) is 20.3. The molecule has 2 fully saturated rings. The largest absolute Gasteiger partial charge is 0.443 e. The van der Waals surface area contributed by atoms with Crippen molar-refractivity contribution < 1.29 is 27.8 Å². The lowest BCUT2D eigenvalue weighted by molar-refractivity contribution is 0.0575. The second-order valence-corrected chi connectivity index (χ2v) is 16.1. The van der Waals surface area contributed by atoms with Crippen LogP contribution in [0.25, 0.3) is 10.2 Å². The van der Waals surface area contributed by atoms with Crippen molar-refractivity contribution in [2.75, 3.05) is 51.3 Å². The number of likely N-dealkylation sites (N-methyl/N-ethyl adjacent to an activating group) is 1. The first-order chi connectivity index (χ1) is 22.5. The number of thiazole rings is 1. The molecule has 3 heterocycles. The third-order valence-corrected chi connectivity index (χ3v) is 11.8. The number of amides is 1. The van der Waals surface area contributed by atoms with Crippen molar-refractivity contribution in [2.45, 2.75) is 76.1 Å². The number of nitrogens with zero attached hydrogens (tertiary/aromatic N) is 3. The molecule has 2 aliphatic rings. The van der Waals surface area contributed by atoms with Gasteiger partial charge in [0.2, 0.25) is 10.0 Å². The van der Waals surface area contributed by atoms with E-state index in [2.05, 4.69) is 22.5 Å². The zero-order valence-corrected chi connectivity index (χ0v) is 29.4. The van der Waals surface area contributed by atoms with Crippen LogP contribution >= 0.6 is 11.3 Å². The number of anilines is 1. The minimum Gasteiger partial charge on any atom is -0.443 e. The molecule has 11 nitrogen and oxygen atoms in total. The maximum absolute atomic E-state index is 14.1. The first-order valence-corrected chi connectivity index (χ1v) is 18.9. The maximum atomic E-state index is 14.1. The van der Waals surface area contributed by atoms with Crippen LogP contribution in [0.2, 0.25) is 0 Å². The Morgan fingerprint density at radius 1 is 1.19 bits per heavy atom. The lowest BCUT2D eigenvalue weighted by atomic mass is 10.0. The third kappa shape index (κ3) is 9.21. The average Bonchev–Trinajstić information content (AvgIpc) is 3.78. The number of aliphatic hydroxyl groups is 1. The van der Waals surface area contributed by atoms with Crippen LogP contribution in [-0.2, 0) is 25.9 Å². The van der Waals surface area contributed by atoms with Crippen molar-refractivity contribution >= 4 is 42.8 Å². The number of hydrogen-bond donors (Lipinski definition) is 3. The molecule has 2 saturated heterocycles. The second kappa shape index (κ2) is 16.1. The van der Waals surface area contributed by atoms with E-state index in [9.17, 15) is 18.3 Å². The number of likely N-dealkylation sites (tertiary alicyclic amines) is 1. The maximum Gasteiger partial charge on any atom is 0.407 e. The van der Waals surface area contributed by atoms with E-state index < -0.39 is 28.3 Å². The summed E-state index contributed by atoms with van der Waals surface area (Å²) in [6.45, 7) is 11.8. The Morgan fingerprint density at radius 2 is 1.98 bits per heavy atom. The normalized spacial score (nSPS) is 21.8. The highest BCUT2D eigenvalue weighted by molar-refractivity contribution is 7.89. The molecule has 5 atom stereocenters. The van der Waals surface area contributed by atoms with Crippen LogP contribution in [0.15, 0.2) is 53.4 Å². The van der Waals surface area contributed by atoms with Gasteiger partial charge in [0.15, 0.2) is 5.13 Å². The van der Waals surface area contributed by atoms with Crippen LogP contribution in [0.5, 0.6) is 0 Å². The summed E-state index contributed by atoms with van der Waals surface area (Å²) in [6.07, 6.45) is 0.390. The second-order valence-electron chi connectivity index (χ2n) is 13.1. The predicted molar refractivity (Wildman–Crippen MR) is 185 cm³/mol. The highest BCUT2D eigenvalue weighted by Gasteiger charge is 2.34. The van der Waals surface area contributed by atoms with E-state index in [0.717, 1.165) is 47.0 Å². The molecule has 0 saturated carbocycles. The smallest absolute Gasteiger partial charge is 0.407 e. The van der Waals surface area contributed by atoms with Crippen LogP contribution in [0.1, 0.15) is 46.1 Å². The van der Waals surface area contributed by atoms with Gasteiger partial charge >= 0.3 is 6.09 Å². The van der Waals surface area contributed by atoms with Gasteiger partial charge in [-0.2, -0.15) is 4.31 Å².